The van der Waals surface area contributed by atoms with Crippen molar-refractivity contribution in [3.8, 4) is 0 Å². The molecule has 0 saturated carbocycles. The van der Waals surface area contributed by atoms with Crippen molar-refractivity contribution in [1.29, 1.82) is 0 Å². The first-order chi connectivity index (χ1) is 12.0. The van der Waals surface area contributed by atoms with Crippen LogP contribution in [0.4, 0.5) is 4.39 Å². The fourth-order valence-corrected chi connectivity index (χ4v) is 3.56. The molecule has 2 rings (SSSR count). The summed E-state index contributed by atoms with van der Waals surface area (Å²) in [6.45, 7) is 4.98. The number of aliphatic imine (C=N–C) groups is 1. The van der Waals surface area contributed by atoms with Crippen LogP contribution >= 0.6 is 39.9 Å². The molecule has 1 heterocycles. The largest absolute Gasteiger partial charge is 0.370 e. The molecule has 3 N–H and O–H groups in total. The maximum Gasteiger partial charge on any atom is 0.217 e. The third-order valence-electron chi connectivity index (χ3n) is 4.29. The van der Waals surface area contributed by atoms with Crippen LogP contribution in [-0.2, 0) is 11.2 Å². The molecular weight excluding hydrogens is 514 g/mol. The van der Waals surface area contributed by atoms with E-state index in [-0.39, 0.29) is 41.6 Å². The first-order valence-corrected chi connectivity index (χ1v) is 9.54. The van der Waals surface area contributed by atoms with Crippen LogP contribution < -0.4 is 11.1 Å². The number of likely N-dealkylation sites (tertiary alicyclic amines) is 1. The van der Waals surface area contributed by atoms with Gasteiger partial charge >= 0.3 is 0 Å². The third kappa shape index (κ3) is 7.38. The van der Waals surface area contributed by atoms with E-state index < -0.39 is 0 Å². The second kappa shape index (κ2) is 11.7. The zero-order valence-corrected chi connectivity index (χ0v) is 18.9. The highest BCUT2D eigenvalue weighted by molar-refractivity contribution is 14.0. The van der Waals surface area contributed by atoms with E-state index in [1.54, 1.807) is 12.1 Å². The van der Waals surface area contributed by atoms with Gasteiger partial charge in [0.05, 0.1) is 0 Å². The van der Waals surface area contributed by atoms with E-state index in [0.717, 1.165) is 42.9 Å². The molecule has 0 aliphatic carbocycles. The van der Waals surface area contributed by atoms with Gasteiger partial charge in [0.15, 0.2) is 5.96 Å². The van der Waals surface area contributed by atoms with E-state index >= 15 is 0 Å². The molecule has 0 spiro atoms. The van der Waals surface area contributed by atoms with E-state index in [0.29, 0.717) is 24.9 Å². The second-order valence-electron chi connectivity index (χ2n) is 6.35. The molecule has 1 aromatic carbocycles. The lowest BCUT2D eigenvalue weighted by Gasteiger charge is -2.34. The Morgan fingerprint density at radius 2 is 2.27 bits per heavy atom. The molecule has 0 aromatic heterocycles. The fourth-order valence-electron chi connectivity index (χ4n) is 3.15. The van der Waals surface area contributed by atoms with Crippen molar-refractivity contribution < 1.29 is 9.18 Å². The number of halogens is 3. The Kier molecular flexibility index (Phi) is 10.4. The normalized spacial score (nSPS) is 17.6. The van der Waals surface area contributed by atoms with E-state index in [4.69, 9.17) is 5.73 Å². The van der Waals surface area contributed by atoms with Gasteiger partial charge < -0.3 is 16.0 Å². The third-order valence-corrected chi connectivity index (χ3v) is 4.79. The van der Waals surface area contributed by atoms with Gasteiger partial charge in [-0.15, -0.1) is 24.0 Å². The Morgan fingerprint density at radius 1 is 1.50 bits per heavy atom. The lowest BCUT2D eigenvalue weighted by molar-refractivity contribution is -0.119. The molecule has 1 saturated heterocycles. The Hall–Kier alpha value is -0.900. The number of piperidine rings is 1. The van der Waals surface area contributed by atoms with Crippen molar-refractivity contribution in [3.05, 3.63) is 34.1 Å². The summed E-state index contributed by atoms with van der Waals surface area (Å²) < 4.78 is 14.7. The molecule has 5 nitrogen and oxygen atoms in total. The van der Waals surface area contributed by atoms with E-state index in [9.17, 15) is 9.18 Å². The molecule has 1 aliphatic heterocycles. The first kappa shape index (κ1) is 23.1. The Labute approximate surface area is 180 Å². The van der Waals surface area contributed by atoms with Crippen LogP contribution in [-0.4, -0.2) is 42.9 Å². The number of nitrogens with one attached hydrogen (secondary N) is 1. The number of hydrogen-bond donors (Lipinski definition) is 2. The molecule has 0 radical (unpaired) electrons. The highest BCUT2D eigenvalue weighted by atomic mass is 127. The minimum absolute atomic E-state index is 0. The Balaban J connectivity index is 0.00000338. The minimum Gasteiger partial charge on any atom is -0.370 e. The summed E-state index contributed by atoms with van der Waals surface area (Å²) in [7, 11) is 0. The van der Waals surface area contributed by atoms with E-state index in [1.165, 1.54) is 6.07 Å². The van der Waals surface area contributed by atoms with Crippen LogP contribution in [0.1, 0.15) is 31.7 Å². The number of guanidine groups is 1. The highest BCUT2D eigenvalue weighted by Gasteiger charge is 2.23. The number of carbonyl (C=O) groups is 1. The predicted octanol–water partition coefficient (Wildman–Crippen LogP) is 3.30. The Bertz CT molecular complexity index is 629. The highest BCUT2D eigenvalue weighted by Crippen LogP contribution is 2.20. The number of hydrogen-bond acceptors (Lipinski definition) is 2. The van der Waals surface area contributed by atoms with Crippen LogP contribution in [0, 0.1) is 11.7 Å². The number of rotatable bonds is 6. The maximum atomic E-state index is 13.8. The fraction of sp³-hybridized carbons (Fsp3) is 0.556. The summed E-state index contributed by atoms with van der Waals surface area (Å²) in [6.07, 6.45) is 2.99. The molecule has 8 heteroatoms. The topological polar surface area (TPSA) is 70.7 Å². The summed E-state index contributed by atoms with van der Waals surface area (Å²) in [5.74, 6) is 0.645. The average Bonchev–Trinajstić information content (AvgIpc) is 2.57. The molecule has 1 fully saturated rings. The van der Waals surface area contributed by atoms with Gasteiger partial charge in [-0.25, -0.2) is 4.39 Å². The molecule has 146 valence electrons. The number of carbonyl (C=O) groups excluding carboxylic acids is 1. The first-order valence-electron chi connectivity index (χ1n) is 8.75. The number of primary amides is 1. The van der Waals surface area contributed by atoms with Crippen LogP contribution in [0.2, 0.25) is 0 Å². The zero-order valence-electron chi connectivity index (χ0n) is 15.0. The second-order valence-corrected chi connectivity index (χ2v) is 7.26. The van der Waals surface area contributed by atoms with Crippen molar-refractivity contribution in [2.24, 2.45) is 16.6 Å². The number of amides is 1. The SMILES string of the molecule is CCNC(=NCCc1cc(Br)ccc1F)N1CCCC(CC(N)=O)C1.I. The molecule has 1 aromatic rings. The standard InChI is InChI=1S/C18H26BrFN4O.HI/c1-2-22-18(24-9-3-4-13(12-24)10-17(21)25)23-8-7-14-11-15(19)5-6-16(14)20;/h5-6,11,13H,2-4,7-10,12H2,1H3,(H2,21,25)(H,22,23);1H. The molecule has 1 unspecified atom stereocenters. The van der Waals surface area contributed by atoms with Crippen molar-refractivity contribution in [2.45, 2.75) is 32.6 Å². The lowest BCUT2D eigenvalue weighted by atomic mass is 9.95. The van der Waals surface area contributed by atoms with Crippen molar-refractivity contribution in [3.63, 3.8) is 0 Å². The molecule has 26 heavy (non-hydrogen) atoms. The summed E-state index contributed by atoms with van der Waals surface area (Å²) in [5, 5.41) is 3.30. The molecule has 1 atom stereocenters. The van der Waals surface area contributed by atoms with Crippen LogP contribution in [0.25, 0.3) is 0 Å². The van der Waals surface area contributed by atoms with E-state index in [1.807, 2.05) is 6.92 Å². The monoisotopic (exact) mass is 540 g/mol. The van der Waals surface area contributed by atoms with Crippen LogP contribution in [0.3, 0.4) is 0 Å². The van der Waals surface area contributed by atoms with Crippen molar-refractivity contribution >= 4 is 51.8 Å². The summed E-state index contributed by atoms with van der Waals surface area (Å²) in [4.78, 5) is 18.0. The quantitative estimate of drug-likeness (QED) is 0.330. The van der Waals surface area contributed by atoms with Gasteiger partial charge in [-0.05, 0) is 55.9 Å². The van der Waals surface area contributed by atoms with Crippen molar-refractivity contribution in [1.82, 2.24) is 10.2 Å². The van der Waals surface area contributed by atoms with E-state index in [2.05, 4.69) is 31.1 Å². The zero-order chi connectivity index (χ0) is 18.2. The summed E-state index contributed by atoms with van der Waals surface area (Å²) in [6, 6.07) is 4.95. The van der Waals surface area contributed by atoms with Gasteiger partial charge in [0.1, 0.15) is 5.82 Å². The average molecular weight is 541 g/mol. The number of nitrogens with two attached hydrogens (primary N) is 1. The van der Waals surface area contributed by atoms with Gasteiger partial charge in [0, 0.05) is 37.1 Å². The molecule has 1 aliphatic rings. The van der Waals surface area contributed by atoms with Gasteiger partial charge in [-0.2, -0.15) is 0 Å². The smallest absolute Gasteiger partial charge is 0.217 e. The maximum absolute atomic E-state index is 13.8. The van der Waals surface area contributed by atoms with Gasteiger partial charge in [0.2, 0.25) is 5.91 Å². The van der Waals surface area contributed by atoms with Gasteiger partial charge in [0.25, 0.3) is 0 Å². The molecule has 0 bridgehead atoms. The number of nitrogens with zero attached hydrogens (tertiary/aromatic N) is 2. The number of benzene rings is 1. The Morgan fingerprint density at radius 3 is 2.96 bits per heavy atom. The predicted molar refractivity (Wildman–Crippen MR) is 117 cm³/mol. The van der Waals surface area contributed by atoms with Crippen LogP contribution in [0.5, 0.6) is 0 Å². The summed E-state index contributed by atoms with van der Waals surface area (Å²) >= 11 is 3.37. The van der Waals surface area contributed by atoms with Crippen LogP contribution in [0.15, 0.2) is 27.7 Å². The van der Waals surface area contributed by atoms with Gasteiger partial charge in [-0.1, -0.05) is 15.9 Å². The molecule has 1 amide bonds. The van der Waals surface area contributed by atoms with Crippen molar-refractivity contribution in [2.75, 3.05) is 26.2 Å². The minimum atomic E-state index is -0.251. The lowest BCUT2D eigenvalue weighted by Crippen LogP contribution is -2.47. The summed E-state index contributed by atoms with van der Waals surface area (Å²) in [5.41, 5.74) is 5.98. The molecular formula is C18H27BrFIN4O. The van der Waals surface area contributed by atoms with Gasteiger partial charge in [-0.3, -0.25) is 9.79 Å².